The number of nitrogens with two attached hydrogens (primary N) is 1. The van der Waals surface area contributed by atoms with Gasteiger partial charge in [0.05, 0.1) is 17.8 Å². The molecular weight excluding hydrogens is 190 g/mol. The van der Waals surface area contributed by atoms with Crippen molar-refractivity contribution in [2.75, 3.05) is 13.2 Å². The molecule has 1 aromatic rings. The third-order valence-electron chi connectivity index (χ3n) is 2.05. The molecule has 4 nitrogen and oxygen atoms in total. The van der Waals surface area contributed by atoms with Crippen molar-refractivity contribution in [3.05, 3.63) is 18.0 Å². The first kappa shape index (κ1) is 14.1. The average Bonchev–Trinajstić information content (AvgIpc) is 2.71. The van der Waals surface area contributed by atoms with Crippen molar-refractivity contribution in [2.45, 2.75) is 39.7 Å². The maximum absolute atomic E-state index is 9.10. The fourth-order valence-corrected chi connectivity index (χ4v) is 1.05. The highest BCUT2D eigenvalue weighted by Gasteiger charge is 2.19. The molecule has 0 aliphatic heterocycles. The molecule has 0 aromatic carbocycles. The topological polar surface area (TPSA) is 64.1 Å². The van der Waals surface area contributed by atoms with Crippen LogP contribution < -0.4 is 5.73 Å². The van der Waals surface area contributed by atoms with Crippen LogP contribution in [0.1, 0.15) is 33.4 Å². The van der Waals surface area contributed by atoms with Crippen LogP contribution in [0.5, 0.6) is 0 Å². The van der Waals surface area contributed by atoms with Gasteiger partial charge in [0, 0.05) is 12.6 Å². The Morgan fingerprint density at radius 2 is 2.07 bits per heavy atom. The van der Waals surface area contributed by atoms with Crippen LogP contribution in [0.4, 0.5) is 0 Å². The van der Waals surface area contributed by atoms with E-state index in [1.807, 2.05) is 40.0 Å². The SMILES string of the molecule is CC.CC(C)(CO)n1ccc(CCN)n1. The number of aliphatic hydroxyl groups is 1. The zero-order chi connectivity index (χ0) is 11.9. The molecule has 4 heteroatoms. The number of rotatable bonds is 4. The minimum Gasteiger partial charge on any atom is -0.394 e. The van der Waals surface area contributed by atoms with E-state index in [9.17, 15) is 0 Å². The zero-order valence-corrected chi connectivity index (χ0v) is 10.2. The Balaban J connectivity index is 0.000000921. The van der Waals surface area contributed by atoms with Crippen LogP contribution in [0, 0.1) is 0 Å². The molecule has 0 unspecified atom stereocenters. The molecule has 0 fully saturated rings. The van der Waals surface area contributed by atoms with E-state index in [0.29, 0.717) is 6.54 Å². The number of aliphatic hydroxyl groups excluding tert-OH is 1. The van der Waals surface area contributed by atoms with Crippen LogP contribution >= 0.6 is 0 Å². The maximum atomic E-state index is 9.10. The van der Waals surface area contributed by atoms with Crippen LogP contribution in [0.2, 0.25) is 0 Å². The van der Waals surface area contributed by atoms with E-state index in [-0.39, 0.29) is 12.1 Å². The second-order valence-corrected chi connectivity index (χ2v) is 3.76. The second-order valence-electron chi connectivity index (χ2n) is 3.76. The number of hydrogen-bond donors (Lipinski definition) is 2. The Morgan fingerprint density at radius 3 is 2.53 bits per heavy atom. The molecule has 3 N–H and O–H groups in total. The summed E-state index contributed by atoms with van der Waals surface area (Å²) in [6.45, 7) is 8.56. The van der Waals surface area contributed by atoms with Crippen molar-refractivity contribution in [2.24, 2.45) is 5.73 Å². The Kier molecular flexibility index (Phi) is 6.20. The van der Waals surface area contributed by atoms with E-state index >= 15 is 0 Å². The van der Waals surface area contributed by atoms with Gasteiger partial charge in [-0.3, -0.25) is 4.68 Å². The van der Waals surface area contributed by atoms with Crippen molar-refractivity contribution < 1.29 is 5.11 Å². The van der Waals surface area contributed by atoms with Crippen LogP contribution in [-0.2, 0) is 12.0 Å². The minimum atomic E-state index is -0.327. The summed E-state index contributed by atoms with van der Waals surface area (Å²) in [4.78, 5) is 0. The molecule has 0 radical (unpaired) electrons. The highest BCUT2D eigenvalue weighted by molar-refractivity contribution is 5.01. The van der Waals surface area contributed by atoms with Gasteiger partial charge in [-0.05, 0) is 26.5 Å². The number of aromatic nitrogens is 2. The van der Waals surface area contributed by atoms with Crippen molar-refractivity contribution in [1.29, 1.82) is 0 Å². The highest BCUT2D eigenvalue weighted by Crippen LogP contribution is 2.13. The summed E-state index contributed by atoms with van der Waals surface area (Å²) in [6, 6.07) is 1.93. The summed E-state index contributed by atoms with van der Waals surface area (Å²) in [5.74, 6) is 0. The van der Waals surface area contributed by atoms with Crippen molar-refractivity contribution in [1.82, 2.24) is 9.78 Å². The lowest BCUT2D eigenvalue weighted by Crippen LogP contribution is -2.31. The van der Waals surface area contributed by atoms with Crippen LogP contribution in [-0.4, -0.2) is 28.0 Å². The Morgan fingerprint density at radius 1 is 1.47 bits per heavy atom. The fourth-order valence-electron chi connectivity index (χ4n) is 1.05. The van der Waals surface area contributed by atoms with Gasteiger partial charge in [-0.15, -0.1) is 0 Å². The Hall–Kier alpha value is -0.870. The van der Waals surface area contributed by atoms with E-state index in [1.54, 1.807) is 4.68 Å². The Labute approximate surface area is 92.1 Å². The van der Waals surface area contributed by atoms with Gasteiger partial charge < -0.3 is 10.8 Å². The number of nitrogens with zero attached hydrogens (tertiary/aromatic N) is 2. The molecule has 0 spiro atoms. The molecule has 15 heavy (non-hydrogen) atoms. The molecule has 1 heterocycles. The van der Waals surface area contributed by atoms with Gasteiger partial charge in [0.15, 0.2) is 0 Å². The predicted molar refractivity (Wildman–Crippen MR) is 62.7 cm³/mol. The fraction of sp³-hybridized carbons (Fsp3) is 0.727. The minimum absolute atomic E-state index is 0.0801. The Bertz CT molecular complexity index is 269. The maximum Gasteiger partial charge on any atom is 0.0801 e. The molecule has 0 atom stereocenters. The van der Waals surface area contributed by atoms with E-state index < -0.39 is 0 Å². The van der Waals surface area contributed by atoms with E-state index in [2.05, 4.69) is 5.10 Å². The molecule has 0 bridgehead atoms. The van der Waals surface area contributed by atoms with Crippen molar-refractivity contribution in [3.8, 4) is 0 Å². The smallest absolute Gasteiger partial charge is 0.0801 e. The van der Waals surface area contributed by atoms with Gasteiger partial charge in [0.1, 0.15) is 0 Å². The quantitative estimate of drug-likeness (QED) is 0.788. The summed E-state index contributed by atoms with van der Waals surface area (Å²) >= 11 is 0. The molecule has 88 valence electrons. The lowest BCUT2D eigenvalue weighted by Gasteiger charge is -2.22. The summed E-state index contributed by atoms with van der Waals surface area (Å²) < 4.78 is 1.78. The summed E-state index contributed by atoms with van der Waals surface area (Å²) in [5.41, 5.74) is 6.06. The first-order valence-corrected chi connectivity index (χ1v) is 5.46. The third kappa shape index (κ3) is 4.01. The summed E-state index contributed by atoms with van der Waals surface area (Å²) in [7, 11) is 0. The van der Waals surface area contributed by atoms with Crippen LogP contribution in [0.15, 0.2) is 12.3 Å². The van der Waals surface area contributed by atoms with Gasteiger partial charge in [-0.1, -0.05) is 13.8 Å². The van der Waals surface area contributed by atoms with Crippen LogP contribution in [0.3, 0.4) is 0 Å². The normalized spacial score (nSPS) is 10.8. The van der Waals surface area contributed by atoms with E-state index in [1.165, 1.54) is 0 Å². The number of hydrogen-bond acceptors (Lipinski definition) is 3. The molecule has 0 saturated heterocycles. The van der Waals surface area contributed by atoms with Gasteiger partial charge in [0.25, 0.3) is 0 Å². The monoisotopic (exact) mass is 213 g/mol. The molecular formula is C11H23N3O. The van der Waals surface area contributed by atoms with Gasteiger partial charge in [0.2, 0.25) is 0 Å². The van der Waals surface area contributed by atoms with Gasteiger partial charge in [-0.2, -0.15) is 5.10 Å². The largest absolute Gasteiger partial charge is 0.394 e. The molecule has 0 amide bonds. The lowest BCUT2D eigenvalue weighted by molar-refractivity contribution is 0.151. The van der Waals surface area contributed by atoms with Crippen LogP contribution in [0.25, 0.3) is 0 Å². The summed E-state index contributed by atoms with van der Waals surface area (Å²) in [5, 5.41) is 13.4. The summed E-state index contributed by atoms with van der Waals surface area (Å²) in [6.07, 6.45) is 2.66. The third-order valence-corrected chi connectivity index (χ3v) is 2.05. The predicted octanol–water partition coefficient (Wildman–Crippen LogP) is 1.14. The molecule has 1 aromatic heterocycles. The van der Waals surface area contributed by atoms with Gasteiger partial charge >= 0.3 is 0 Å². The molecule has 1 rings (SSSR count). The van der Waals surface area contributed by atoms with Crippen molar-refractivity contribution >= 4 is 0 Å². The average molecular weight is 213 g/mol. The van der Waals surface area contributed by atoms with Gasteiger partial charge in [-0.25, -0.2) is 0 Å². The van der Waals surface area contributed by atoms with Crippen molar-refractivity contribution in [3.63, 3.8) is 0 Å². The second kappa shape index (κ2) is 6.58. The lowest BCUT2D eigenvalue weighted by atomic mass is 10.1. The molecule has 0 aliphatic carbocycles. The van der Waals surface area contributed by atoms with E-state index in [0.717, 1.165) is 12.1 Å². The molecule has 0 aliphatic rings. The highest BCUT2D eigenvalue weighted by atomic mass is 16.3. The molecule has 0 saturated carbocycles. The first-order chi connectivity index (χ1) is 7.10. The first-order valence-electron chi connectivity index (χ1n) is 5.46. The standard InChI is InChI=1S/C9H17N3O.C2H6/c1-9(2,7-13)12-6-4-8(11-12)3-5-10;1-2/h4,6,13H,3,5,7,10H2,1-2H3;1-2H3. The zero-order valence-electron chi connectivity index (χ0n) is 10.2. The van der Waals surface area contributed by atoms with E-state index in [4.69, 9.17) is 10.8 Å².